The number of carbonyl (C=O) groups excluding carboxylic acids is 1. The first-order valence-corrected chi connectivity index (χ1v) is 11.5. The van der Waals surface area contributed by atoms with E-state index in [2.05, 4.69) is 59.4 Å². The van der Waals surface area contributed by atoms with Crippen molar-refractivity contribution >= 4 is 16.8 Å². The first-order chi connectivity index (χ1) is 15.5. The van der Waals surface area contributed by atoms with E-state index in [1.165, 1.54) is 22.2 Å². The van der Waals surface area contributed by atoms with Gasteiger partial charge in [0.05, 0.1) is 0 Å². The van der Waals surface area contributed by atoms with Gasteiger partial charge in [-0.1, -0.05) is 30.3 Å². The van der Waals surface area contributed by atoms with Crippen LogP contribution in [0.5, 0.6) is 0 Å². The van der Waals surface area contributed by atoms with E-state index in [4.69, 9.17) is 5.21 Å². The second kappa shape index (κ2) is 9.86. The average molecular weight is 435 g/mol. The summed E-state index contributed by atoms with van der Waals surface area (Å²) in [5.41, 5.74) is 7.22. The van der Waals surface area contributed by atoms with Gasteiger partial charge in [0.1, 0.15) is 0 Å². The van der Waals surface area contributed by atoms with Gasteiger partial charge in [-0.05, 0) is 56.5 Å². The molecular formula is C26H34N4O2. The van der Waals surface area contributed by atoms with E-state index in [9.17, 15) is 4.79 Å². The van der Waals surface area contributed by atoms with Crippen molar-refractivity contribution in [2.45, 2.75) is 39.8 Å². The van der Waals surface area contributed by atoms with E-state index in [0.29, 0.717) is 11.6 Å². The van der Waals surface area contributed by atoms with E-state index in [-0.39, 0.29) is 0 Å². The van der Waals surface area contributed by atoms with Crippen molar-refractivity contribution < 1.29 is 10.0 Å². The molecule has 6 nitrogen and oxygen atoms in total. The molecule has 0 aliphatic carbocycles. The number of hydrogen-bond acceptors (Lipinski definition) is 4. The highest BCUT2D eigenvalue weighted by Crippen LogP contribution is 2.28. The fraction of sp³-hybridized carbons (Fsp3) is 0.423. The summed E-state index contributed by atoms with van der Waals surface area (Å²) in [6, 6.07) is 16.7. The van der Waals surface area contributed by atoms with Gasteiger partial charge in [-0.25, -0.2) is 5.48 Å². The fourth-order valence-electron chi connectivity index (χ4n) is 4.80. The molecule has 0 atom stereocenters. The normalized spacial score (nSPS) is 15.5. The van der Waals surface area contributed by atoms with Crippen LogP contribution in [0.25, 0.3) is 10.9 Å². The number of benzene rings is 2. The Morgan fingerprint density at radius 2 is 1.69 bits per heavy atom. The van der Waals surface area contributed by atoms with Crippen molar-refractivity contribution in [3.05, 3.63) is 70.9 Å². The molecule has 4 rings (SSSR count). The van der Waals surface area contributed by atoms with Crippen molar-refractivity contribution in [3.63, 3.8) is 0 Å². The predicted octanol–water partition coefficient (Wildman–Crippen LogP) is 3.69. The van der Waals surface area contributed by atoms with Gasteiger partial charge >= 0.3 is 0 Å². The van der Waals surface area contributed by atoms with Gasteiger partial charge < -0.3 is 4.57 Å². The lowest BCUT2D eigenvalue weighted by Crippen LogP contribution is -2.49. The third kappa shape index (κ3) is 4.72. The van der Waals surface area contributed by atoms with Crippen LogP contribution in [0.3, 0.4) is 0 Å². The number of nitrogens with zero attached hydrogens (tertiary/aromatic N) is 3. The standard InChI is InChI=1S/C26H34N4O2/c1-19(2)29-15-12-28(13-16-29)14-17-30-20(3)24(23-6-4-5-7-25(23)30)18-21-8-10-22(11-9-21)26(31)27-32/h4-11,19,32H,12-18H2,1-3H3,(H,27,31). The van der Waals surface area contributed by atoms with Crippen molar-refractivity contribution in [2.75, 3.05) is 32.7 Å². The summed E-state index contributed by atoms with van der Waals surface area (Å²) >= 11 is 0. The highest BCUT2D eigenvalue weighted by atomic mass is 16.5. The maximum absolute atomic E-state index is 11.6. The molecule has 0 unspecified atom stereocenters. The van der Waals surface area contributed by atoms with Crippen molar-refractivity contribution in [2.24, 2.45) is 0 Å². The maximum atomic E-state index is 11.6. The topological polar surface area (TPSA) is 60.7 Å². The van der Waals surface area contributed by atoms with Gasteiger partial charge in [-0.2, -0.15) is 0 Å². The molecule has 170 valence electrons. The van der Waals surface area contributed by atoms with Gasteiger partial charge in [-0.15, -0.1) is 0 Å². The quantitative estimate of drug-likeness (QED) is 0.440. The molecule has 2 N–H and O–H groups in total. The summed E-state index contributed by atoms with van der Waals surface area (Å²) in [5, 5.41) is 10.1. The Kier molecular flexibility index (Phi) is 6.94. The monoisotopic (exact) mass is 434 g/mol. The van der Waals surface area contributed by atoms with Crippen LogP contribution in [0.4, 0.5) is 0 Å². The molecule has 6 heteroatoms. The minimum atomic E-state index is -0.487. The smallest absolute Gasteiger partial charge is 0.274 e. The number of amides is 1. The molecule has 0 radical (unpaired) electrons. The molecule has 0 spiro atoms. The van der Waals surface area contributed by atoms with Crippen LogP contribution in [0, 0.1) is 6.92 Å². The van der Waals surface area contributed by atoms with Crippen LogP contribution in [0.15, 0.2) is 48.5 Å². The van der Waals surface area contributed by atoms with E-state index in [0.717, 1.165) is 51.3 Å². The van der Waals surface area contributed by atoms with Crippen LogP contribution < -0.4 is 5.48 Å². The molecule has 2 heterocycles. The number of piperazine rings is 1. The molecule has 2 aromatic carbocycles. The SMILES string of the molecule is Cc1c(Cc2ccc(C(=O)NO)cc2)c2ccccc2n1CCN1CCN(C(C)C)CC1. The molecule has 1 aliphatic rings. The Hall–Kier alpha value is -2.67. The average Bonchev–Trinajstić information content (AvgIpc) is 3.08. The Labute approximate surface area is 190 Å². The molecular weight excluding hydrogens is 400 g/mol. The molecule has 1 fully saturated rings. The van der Waals surface area contributed by atoms with Crippen LogP contribution in [-0.2, 0) is 13.0 Å². The second-order valence-corrected chi connectivity index (χ2v) is 9.02. The zero-order chi connectivity index (χ0) is 22.7. The van der Waals surface area contributed by atoms with Crippen LogP contribution in [0.1, 0.15) is 41.0 Å². The zero-order valence-corrected chi connectivity index (χ0v) is 19.3. The molecule has 0 saturated carbocycles. The lowest BCUT2D eigenvalue weighted by molar-refractivity contribution is 0.0706. The Morgan fingerprint density at radius 1 is 1.00 bits per heavy atom. The van der Waals surface area contributed by atoms with Crippen molar-refractivity contribution in [1.29, 1.82) is 0 Å². The number of hydrogen-bond donors (Lipinski definition) is 2. The maximum Gasteiger partial charge on any atom is 0.274 e. The Balaban J connectivity index is 1.51. The molecule has 1 saturated heterocycles. The first kappa shape index (κ1) is 22.5. The lowest BCUT2D eigenvalue weighted by atomic mass is 10.0. The number of aromatic nitrogens is 1. The number of nitrogens with one attached hydrogen (secondary N) is 1. The summed E-state index contributed by atoms with van der Waals surface area (Å²) in [6.07, 6.45) is 0.813. The number of rotatable bonds is 7. The minimum absolute atomic E-state index is 0.452. The summed E-state index contributed by atoms with van der Waals surface area (Å²) in [4.78, 5) is 16.7. The van der Waals surface area contributed by atoms with E-state index < -0.39 is 5.91 Å². The number of fused-ring (bicyclic) bond motifs is 1. The van der Waals surface area contributed by atoms with Gasteiger partial charge in [0.15, 0.2) is 0 Å². The Bertz CT molecular complexity index is 1060. The van der Waals surface area contributed by atoms with E-state index in [1.807, 2.05) is 12.1 Å². The van der Waals surface area contributed by atoms with Gasteiger partial charge in [0, 0.05) is 67.5 Å². The fourth-order valence-corrected chi connectivity index (χ4v) is 4.80. The highest BCUT2D eigenvalue weighted by molar-refractivity contribution is 5.93. The molecule has 32 heavy (non-hydrogen) atoms. The predicted molar refractivity (Wildman–Crippen MR) is 128 cm³/mol. The Morgan fingerprint density at radius 3 is 2.34 bits per heavy atom. The second-order valence-electron chi connectivity index (χ2n) is 9.02. The van der Waals surface area contributed by atoms with Crippen LogP contribution in [-0.4, -0.2) is 64.2 Å². The number of hydroxylamine groups is 1. The third-order valence-corrected chi connectivity index (χ3v) is 6.84. The summed E-state index contributed by atoms with van der Waals surface area (Å²) in [6.45, 7) is 13.4. The highest BCUT2D eigenvalue weighted by Gasteiger charge is 2.20. The van der Waals surface area contributed by atoms with Gasteiger partial charge in [0.2, 0.25) is 0 Å². The largest absolute Gasteiger partial charge is 0.343 e. The summed E-state index contributed by atoms with van der Waals surface area (Å²) in [7, 11) is 0. The van der Waals surface area contributed by atoms with Gasteiger partial charge in [-0.3, -0.25) is 19.8 Å². The van der Waals surface area contributed by atoms with E-state index >= 15 is 0 Å². The molecule has 1 aromatic heterocycles. The lowest BCUT2D eigenvalue weighted by Gasteiger charge is -2.37. The molecule has 1 aliphatic heterocycles. The minimum Gasteiger partial charge on any atom is -0.343 e. The van der Waals surface area contributed by atoms with Crippen LogP contribution in [0.2, 0.25) is 0 Å². The third-order valence-electron chi connectivity index (χ3n) is 6.84. The summed E-state index contributed by atoms with van der Waals surface area (Å²) < 4.78 is 2.47. The molecule has 1 amide bonds. The van der Waals surface area contributed by atoms with Crippen molar-refractivity contribution in [1.82, 2.24) is 19.8 Å². The first-order valence-electron chi connectivity index (χ1n) is 11.5. The number of carbonyl (C=O) groups is 1. The van der Waals surface area contributed by atoms with Crippen molar-refractivity contribution in [3.8, 4) is 0 Å². The summed E-state index contributed by atoms with van der Waals surface area (Å²) in [5.74, 6) is -0.487. The molecule has 3 aromatic rings. The zero-order valence-electron chi connectivity index (χ0n) is 19.3. The van der Waals surface area contributed by atoms with E-state index in [1.54, 1.807) is 17.6 Å². The van der Waals surface area contributed by atoms with Gasteiger partial charge in [0.25, 0.3) is 5.91 Å². The number of para-hydroxylation sites is 1. The molecule has 0 bridgehead atoms. The van der Waals surface area contributed by atoms with Crippen LogP contribution >= 0.6 is 0 Å².